The summed E-state index contributed by atoms with van der Waals surface area (Å²) in [7, 11) is -3.41. The zero-order valence-electron chi connectivity index (χ0n) is 15.2. The van der Waals surface area contributed by atoms with Crippen LogP contribution in [0.4, 0.5) is 13.9 Å². The zero-order chi connectivity index (χ0) is 20.6. The van der Waals surface area contributed by atoms with Crippen LogP contribution in [0.1, 0.15) is 12.8 Å². The molecule has 0 N–H and O–H groups in total. The number of thiazole rings is 1. The second kappa shape index (κ2) is 8.01. The van der Waals surface area contributed by atoms with Gasteiger partial charge in [0.2, 0.25) is 0 Å². The number of nitrogens with zero attached hydrogens (tertiary/aromatic N) is 2. The van der Waals surface area contributed by atoms with Gasteiger partial charge in [0.15, 0.2) is 26.6 Å². The highest BCUT2D eigenvalue weighted by atomic mass is 35.5. The van der Waals surface area contributed by atoms with Crippen molar-refractivity contribution in [1.82, 2.24) is 4.98 Å². The monoisotopic (exact) mass is 454 g/mol. The standard InChI is InChI=1S/C20H17ClF2N2O2S2/c21-14-2-4-15(5-3-14)29(26,27)16-7-9-25(10-8-16)20-24-19(12-28-20)13-1-6-17(22)18(23)11-13/h1-6,11-12,16H,7-10H2. The third kappa shape index (κ3) is 4.15. The molecule has 0 radical (unpaired) electrons. The molecule has 0 bridgehead atoms. The van der Waals surface area contributed by atoms with Crippen molar-refractivity contribution in [1.29, 1.82) is 0 Å². The van der Waals surface area contributed by atoms with Crippen molar-refractivity contribution >= 4 is 37.9 Å². The normalized spacial score (nSPS) is 15.6. The Labute approximate surface area is 176 Å². The SMILES string of the molecule is O=S(=O)(c1ccc(Cl)cc1)C1CCN(c2nc(-c3ccc(F)c(F)c3)cs2)CC1. The lowest BCUT2D eigenvalue weighted by Gasteiger charge is -2.31. The maximum absolute atomic E-state index is 13.5. The lowest BCUT2D eigenvalue weighted by molar-refractivity contribution is 0.509. The third-order valence-corrected chi connectivity index (χ3v) is 8.43. The van der Waals surface area contributed by atoms with Gasteiger partial charge >= 0.3 is 0 Å². The van der Waals surface area contributed by atoms with Gasteiger partial charge in [-0.1, -0.05) is 11.6 Å². The number of piperidine rings is 1. The van der Waals surface area contributed by atoms with E-state index in [9.17, 15) is 17.2 Å². The molecule has 1 aliphatic rings. The number of aromatic nitrogens is 1. The Morgan fingerprint density at radius 3 is 2.38 bits per heavy atom. The molecule has 2 heterocycles. The summed E-state index contributed by atoms with van der Waals surface area (Å²) in [5, 5.41) is 2.58. The molecular formula is C20H17ClF2N2O2S2. The highest BCUT2D eigenvalue weighted by Crippen LogP contribution is 2.32. The van der Waals surface area contributed by atoms with Crippen LogP contribution in [0, 0.1) is 11.6 Å². The second-order valence-corrected chi connectivity index (χ2v) is 10.3. The second-order valence-electron chi connectivity index (χ2n) is 6.83. The fraction of sp³-hybridized carbons (Fsp3) is 0.250. The highest BCUT2D eigenvalue weighted by molar-refractivity contribution is 7.92. The van der Waals surface area contributed by atoms with Crippen molar-refractivity contribution in [2.75, 3.05) is 18.0 Å². The van der Waals surface area contributed by atoms with E-state index in [0.717, 1.165) is 17.3 Å². The van der Waals surface area contributed by atoms with Crippen molar-refractivity contribution in [3.05, 3.63) is 64.5 Å². The molecule has 0 amide bonds. The molecule has 0 unspecified atom stereocenters. The van der Waals surface area contributed by atoms with Crippen LogP contribution in [0.15, 0.2) is 52.7 Å². The largest absolute Gasteiger partial charge is 0.348 e. The first kappa shape index (κ1) is 20.3. The molecule has 29 heavy (non-hydrogen) atoms. The van der Waals surface area contributed by atoms with Crippen LogP contribution in [0.2, 0.25) is 5.02 Å². The van der Waals surface area contributed by atoms with Crippen LogP contribution < -0.4 is 4.90 Å². The summed E-state index contributed by atoms with van der Waals surface area (Å²) in [4.78, 5) is 6.84. The predicted octanol–water partition coefficient (Wildman–Crippen LogP) is 5.18. The molecule has 0 spiro atoms. The number of hydrogen-bond donors (Lipinski definition) is 0. The number of halogens is 3. The summed E-state index contributed by atoms with van der Waals surface area (Å²) in [5.74, 6) is -1.81. The van der Waals surface area contributed by atoms with E-state index in [2.05, 4.69) is 4.98 Å². The number of anilines is 1. The maximum Gasteiger partial charge on any atom is 0.185 e. The Morgan fingerprint density at radius 1 is 1.03 bits per heavy atom. The van der Waals surface area contributed by atoms with Gasteiger partial charge in [0, 0.05) is 29.1 Å². The molecule has 2 aromatic carbocycles. The van der Waals surface area contributed by atoms with Crippen LogP contribution in [0.25, 0.3) is 11.3 Å². The van der Waals surface area contributed by atoms with E-state index >= 15 is 0 Å². The molecule has 0 atom stereocenters. The first-order chi connectivity index (χ1) is 13.8. The van der Waals surface area contributed by atoms with Gasteiger partial charge in [-0.15, -0.1) is 11.3 Å². The molecule has 3 aromatic rings. The van der Waals surface area contributed by atoms with Gasteiger partial charge in [0.1, 0.15) is 0 Å². The van der Waals surface area contributed by atoms with Crippen molar-refractivity contribution in [2.24, 2.45) is 0 Å². The molecule has 1 fully saturated rings. The summed E-state index contributed by atoms with van der Waals surface area (Å²) < 4.78 is 52.3. The van der Waals surface area contributed by atoms with E-state index in [4.69, 9.17) is 11.6 Å². The van der Waals surface area contributed by atoms with Crippen LogP contribution in [-0.2, 0) is 9.84 Å². The average Bonchev–Trinajstić information content (AvgIpc) is 3.21. The van der Waals surface area contributed by atoms with Crippen molar-refractivity contribution in [2.45, 2.75) is 23.0 Å². The van der Waals surface area contributed by atoms with Crippen LogP contribution in [-0.4, -0.2) is 31.7 Å². The Morgan fingerprint density at radius 2 is 1.72 bits per heavy atom. The van der Waals surface area contributed by atoms with Crippen LogP contribution >= 0.6 is 22.9 Å². The molecule has 0 saturated carbocycles. The van der Waals surface area contributed by atoms with Gasteiger partial charge in [0.25, 0.3) is 0 Å². The first-order valence-corrected chi connectivity index (χ1v) is 11.8. The Bertz CT molecular complexity index is 1130. The number of hydrogen-bond acceptors (Lipinski definition) is 5. The Hall–Kier alpha value is -2.03. The van der Waals surface area contributed by atoms with Gasteiger partial charge in [-0.3, -0.25) is 0 Å². The molecule has 1 aliphatic heterocycles. The molecule has 1 saturated heterocycles. The number of sulfone groups is 1. The third-order valence-electron chi connectivity index (χ3n) is 5.00. The van der Waals surface area contributed by atoms with Crippen molar-refractivity contribution < 1.29 is 17.2 Å². The molecule has 0 aliphatic carbocycles. The van der Waals surface area contributed by atoms with E-state index in [1.54, 1.807) is 29.6 Å². The predicted molar refractivity (Wildman–Crippen MR) is 111 cm³/mol. The summed E-state index contributed by atoms with van der Waals surface area (Å²) >= 11 is 7.25. The zero-order valence-corrected chi connectivity index (χ0v) is 17.6. The quantitative estimate of drug-likeness (QED) is 0.544. The summed E-state index contributed by atoms with van der Waals surface area (Å²) in [5.41, 5.74) is 1.08. The molecule has 152 valence electrons. The van der Waals surface area contributed by atoms with Gasteiger partial charge < -0.3 is 4.90 Å². The van der Waals surface area contributed by atoms with E-state index < -0.39 is 26.7 Å². The lowest BCUT2D eigenvalue weighted by atomic mass is 10.1. The van der Waals surface area contributed by atoms with E-state index in [1.807, 2.05) is 4.90 Å². The van der Waals surface area contributed by atoms with Gasteiger partial charge in [-0.25, -0.2) is 22.2 Å². The fourth-order valence-corrected chi connectivity index (χ4v) is 6.12. The minimum absolute atomic E-state index is 0.287. The fourth-order valence-electron chi connectivity index (χ4n) is 3.37. The van der Waals surface area contributed by atoms with E-state index in [0.29, 0.717) is 42.2 Å². The van der Waals surface area contributed by atoms with Gasteiger partial charge in [0.05, 0.1) is 15.8 Å². The Balaban J connectivity index is 1.45. The first-order valence-electron chi connectivity index (χ1n) is 9.00. The topological polar surface area (TPSA) is 50.3 Å². The van der Waals surface area contributed by atoms with Crippen molar-refractivity contribution in [3.63, 3.8) is 0 Å². The minimum Gasteiger partial charge on any atom is -0.348 e. The molecule has 9 heteroatoms. The molecule has 1 aromatic heterocycles. The average molecular weight is 455 g/mol. The smallest absolute Gasteiger partial charge is 0.185 e. The molecule has 4 rings (SSSR count). The minimum atomic E-state index is -3.41. The molecule has 4 nitrogen and oxygen atoms in total. The van der Waals surface area contributed by atoms with Gasteiger partial charge in [-0.2, -0.15) is 0 Å². The van der Waals surface area contributed by atoms with E-state index in [-0.39, 0.29) is 4.90 Å². The summed E-state index contributed by atoms with van der Waals surface area (Å²) in [6, 6.07) is 9.94. The van der Waals surface area contributed by atoms with E-state index in [1.165, 1.54) is 17.4 Å². The van der Waals surface area contributed by atoms with Crippen LogP contribution in [0.3, 0.4) is 0 Å². The van der Waals surface area contributed by atoms with Crippen LogP contribution in [0.5, 0.6) is 0 Å². The number of benzene rings is 2. The number of rotatable bonds is 4. The maximum atomic E-state index is 13.5. The Kier molecular flexibility index (Phi) is 5.59. The molecular weight excluding hydrogens is 438 g/mol. The van der Waals surface area contributed by atoms with Crippen molar-refractivity contribution in [3.8, 4) is 11.3 Å². The summed E-state index contributed by atoms with van der Waals surface area (Å²) in [6.45, 7) is 1.12. The summed E-state index contributed by atoms with van der Waals surface area (Å²) in [6.07, 6.45) is 0.982. The highest BCUT2D eigenvalue weighted by Gasteiger charge is 2.32. The lowest BCUT2D eigenvalue weighted by Crippen LogP contribution is -2.39. The van der Waals surface area contributed by atoms with Gasteiger partial charge in [-0.05, 0) is 55.3 Å².